The maximum atomic E-state index is 13.4. The smallest absolute Gasteiger partial charge is 0.253 e. The summed E-state index contributed by atoms with van der Waals surface area (Å²) in [7, 11) is 6.62. The zero-order valence-corrected chi connectivity index (χ0v) is 28.7. The van der Waals surface area contributed by atoms with Crippen molar-refractivity contribution >= 4 is 23.5 Å². The summed E-state index contributed by atoms with van der Waals surface area (Å²) in [6, 6.07) is 22.6. The monoisotopic (exact) mass is 652 g/mol. The molecule has 0 bridgehead atoms. The van der Waals surface area contributed by atoms with E-state index in [1.54, 1.807) is 44.0 Å². The van der Waals surface area contributed by atoms with E-state index >= 15 is 0 Å². The Morgan fingerprint density at radius 2 is 1.54 bits per heavy atom. The number of rotatable bonds is 11. The van der Waals surface area contributed by atoms with Crippen molar-refractivity contribution in [3.63, 3.8) is 0 Å². The van der Waals surface area contributed by atoms with Crippen LogP contribution >= 0.6 is 0 Å². The molecule has 2 amide bonds. The highest BCUT2D eigenvalue weighted by atomic mass is 16.5. The van der Waals surface area contributed by atoms with E-state index in [1.807, 2.05) is 98.5 Å². The number of amides is 2. The third-order valence-electron chi connectivity index (χ3n) is 8.20. The summed E-state index contributed by atoms with van der Waals surface area (Å²) in [5, 5.41) is 4.82. The molecule has 48 heavy (non-hydrogen) atoms. The number of morpholine rings is 1. The molecule has 5 rings (SSSR count). The number of ether oxygens (including phenoxy) is 4. The van der Waals surface area contributed by atoms with Crippen molar-refractivity contribution in [1.29, 1.82) is 0 Å². The first-order valence-corrected chi connectivity index (χ1v) is 16.1. The van der Waals surface area contributed by atoms with E-state index in [-0.39, 0.29) is 24.0 Å². The molecule has 2 heterocycles. The zero-order chi connectivity index (χ0) is 34.4. The minimum absolute atomic E-state index is 0.00358. The first-order valence-electron chi connectivity index (χ1n) is 16.1. The minimum atomic E-state index is -0.153. The lowest BCUT2D eigenvalue weighted by Crippen LogP contribution is -2.48. The van der Waals surface area contributed by atoms with Gasteiger partial charge >= 0.3 is 0 Å². The van der Waals surface area contributed by atoms with Crippen molar-refractivity contribution in [1.82, 2.24) is 19.6 Å². The highest BCUT2D eigenvalue weighted by Crippen LogP contribution is 2.33. The standard InChI is InChI=1S/C38H44N4O6/c1-25-23-41(24-26(2)47-25)36(43)18-17-34-27(3)39-42(30-11-9-8-10-12-30)38(34)48-31-15-13-29(14-16-31)35(37(44)40(4)5)21-28-19-32(45-6)22-33(20-28)46-7/h8-16,19-22,25-26H,17-18,23-24H2,1-7H3. The predicted molar refractivity (Wildman–Crippen MR) is 186 cm³/mol. The van der Waals surface area contributed by atoms with Crippen molar-refractivity contribution in [2.75, 3.05) is 41.4 Å². The van der Waals surface area contributed by atoms with E-state index in [4.69, 9.17) is 24.0 Å². The van der Waals surface area contributed by atoms with Gasteiger partial charge in [0, 0.05) is 50.8 Å². The Balaban J connectivity index is 1.45. The zero-order valence-electron chi connectivity index (χ0n) is 28.7. The van der Waals surface area contributed by atoms with Crippen molar-refractivity contribution in [2.24, 2.45) is 0 Å². The number of hydrogen-bond acceptors (Lipinski definition) is 7. The van der Waals surface area contributed by atoms with Crippen LogP contribution in [0.1, 0.15) is 42.7 Å². The first kappa shape index (κ1) is 34.3. The fourth-order valence-electron chi connectivity index (χ4n) is 5.85. The number of likely N-dealkylation sites (N-methyl/N-ethyl adjacent to an activating group) is 1. The van der Waals surface area contributed by atoms with Crippen LogP contribution in [0.15, 0.2) is 72.8 Å². The topological polar surface area (TPSA) is 95.4 Å². The molecule has 1 saturated heterocycles. The molecule has 0 radical (unpaired) electrons. The number of para-hydroxylation sites is 1. The molecule has 4 aromatic rings. The second kappa shape index (κ2) is 15.2. The summed E-state index contributed by atoms with van der Waals surface area (Å²) in [4.78, 5) is 30.1. The normalized spacial score (nSPS) is 16.4. The Morgan fingerprint density at radius 3 is 2.12 bits per heavy atom. The van der Waals surface area contributed by atoms with Crippen LogP contribution in [0.5, 0.6) is 23.1 Å². The van der Waals surface area contributed by atoms with Crippen LogP contribution < -0.4 is 14.2 Å². The number of aromatic nitrogens is 2. The molecule has 1 aromatic heterocycles. The molecule has 1 fully saturated rings. The Labute approximate surface area is 282 Å². The third kappa shape index (κ3) is 8.06. The third-order valence-corrected chi connectivity index (χ3v) is 8.20. The second-order valence-electron chi connectivity index (χ2n) is 12.2. The quantitative estimate of drug-likeness (QED) is 0.141. The van der Waals surface area contributed by atoms with Gasteiger partial charge in [0.1, 0.15) is 17.2 Å². The lowest BCUT2D eigenvalue weighted by Gasteiger charge is -2.35. The molecule has 0 saturated carbocycles. The first-order chi connectivity index (χ1) is 23.1. The van der Waals surface area contributed by atoms with E-state index in [0.717, 1.165) is 28.1 Å². The lowest BCUT2D eigenvalue weighted by molar-refractivity contribution is -0.143. The number of carbonyl (C=O) groups is 2. The van der Waals surface area contributed by atoms with Gasteiger partial charge in [0.05, 0.1) is 37.8 Å². The lowest BCUT2D eigenvalue weighted by atomic mass is 10.0. The molecule has 2 atom stereocenters. The van der Waals surface area contributed by atoms with Gasteiger partial charge < -0.3 is 28.7 Å². The van der Waals surface area contributed by atoms with Crippen molar-refractivity contribution in [2.45, 2.75) is 45.8 Å². The molecule has 0 aliphatic carbocycles. The fourth-order valence-corrected chi connectivity index (χ4v) is 5.85. The summed E-state index contributed by atoms with van der Waals surface area (Å²) in [5.41, 5.74) is 4.47. The number of methoxy groups -OCH3 is 2. The van der Waals surface area contributed by atoms with Crippen LogP contribution in [-0.4, -0.2) is 85.0 Å². The molecule has 10 nitrogen and oxygen atoms in total. The van der Waals surface area contributed by atoms with E-state index < -0.39 is 0 Å². The molecule has 1 aliphatic heterocycles. The molecule has 252 valence electrons. The number of aryl methyl sites for hydroxylation is 1. The van der Waals surface area contributed by atoms with Gasteiger partial charge in [-0.3, -0.25) is 9.59 Å². The van der Waals surface area contributed by atoms with E-state index in [1.165, 1.54) is 0 Å². The summed E-state index contributed by atoms with van der Waals surface area (Å²) < 4.78 is 25.0. The Hall–Kier alpha value is -5.09. The number of hydrogen-bond donors (Lipinski definition) is 0. The van der Waals surface area contributed by atoms with Gasteiger partial charge in [0.2, 0.25) is 11.8 Å². The van der Waals surface area contributed by atoms with E-state index in [0.29, 0.717) is 54.6 Å². The average molecular weight is 653 g/mol. The van der Waals surface area contributed by atoms with Crippen LogP contribution in [0.3, 0.4) is 0 Å². The summed E-state index contributed by atoms with van der Waals surface area (Å²) in [5.74, 6) is 2.29. The molecular weight excluding hydrogens is 608 g/mol. The van der Waals surface area contributed by atoms with E-state index in [2.05, 4.69) is 0 Å². The molecule has 2 unspecified atom stereocenters. The van der Waals surface area contributed by atoms with Crippen LogP contribution in [0.4, 0.5) is 0 Å². The SMILES string of the molecule is COc1cc(C=C(C(=O)N(C)C)c2ccc(Oc3c(CCC(=O)N4CC(C)OC(C)C4)c(C)nn3-c3ccccc3)cc2)cc(OC)c1. The van der Waals surface area contributed by atoms with Gasteiger partial charge in [-0.05, 0) is 80.8 Å². The maximum absolute atomic E-state index is 13.4. The van der Waals surface area contributed by atoms with E-state index in [9.17, 15) is 9.59 Å². The Kier molecular flexibility index (Phi) is 10.9. The molecule has 3 aromatic carbocycles. The van der Waals surface area contributed by atoms with Crippen molar-refractivity contribution in [3.05, 3.63) is 95.2 Å². The van der Waals surface area contributed by atoms with Crippen LogP contribution in [0.2, 0.25) is 0 Å². The summed E-state index contributed by atoms with van der Waals surface area (Å²) >= 11 is 0. The number of carbonyl (C=O) groups excluding carboxylic acids is 2. The van der Waals surface area contributed by atoms with Crippen molar-refractivity contribution < 1.29 is 28.5 Å². The highest BCUT2D eigenvalue weighted by molar-refractivity contribution is 6.24. The van der Waals surface area contributed by atoms with Gasteiger partial charge in [-0.2, -0.15) is 5.10 Å². The highest BCUT2D eigenvalue weighted by Gasteiger charge is 2.27. The summed E-state index contributed by atoms with van der Waals surface area (Å²) in [6.07, 6.45) is 2.63. The molecule has 10 heteroatoms. The van der Waals surface area contributed by atoms with Crippen molar-refractivity contribution in [3.8, 4) is 28.8 Å². The second-order valence-corrected chi connectivity index (χ2v) is 12.2. The largest absolute Gasteiger partial charge is 0.497 e. The average Bonchev–Trinajstić information content (AvgIpc) is 3.39. The summed E-state index contributed by atoms with van der Waals surface area (Å²) in [6.45, 7) is 7.09. The molecular formula is C38H44N4O6. The molecule has 1 aliphatic rings. The van der Waals surface area contributed by atoms with Gasteiger partial charge in [-0.25, -0.2) is 4.68 Å². The van der Waals surface area contributed by atoms with Gasteiger partial charge in [-0.15, -0.1) is 0 Å². The number of benzene rings is 3. The van der Waals surface area contributed by atoms with Crippen LogP contribution in [0, 0.1) is 6.92 Å². The van der Waals surface area contributed by atoms with Gasteiger partial charge in [-0.1, -0.05) is 30.3 Å². The predicted octanol–water partition coefficient (Wildman–Crippen LogP) is 6.19. The van der Waals surface area contributed by atoms with Crippen LogP contribution in [-0.2, 0) is 20.7 Å². The molecule has 0 N–H and O–H groups in total. The Bertz CT molecular complexity index is 1730. The maximum Gasteiger partial charge on any atom is 0.253 e. The van der Waals surface area contributed by atoms with Gasteiger partial charge in [0.15, 0.2) is 0 Å². The molecule has 0 spiro atoms. The number of nitrogens with zero attached hydrogens (tertiary/aromatic N) is 4. The van der Waals surface area contributed by atoms with Crippen LogP contribution in [0.25, 0.3) is 17.3 Å². The Morgan fingerprint density at radius 1 is 0.917 bits per heavy atom. The minimum Gasteiger partial charge on any atom is -0.497 e. The fraction of sp³-hybridized carbons (Fsp3) is 0.342. The van der Waals surface area contributed by atoms with Gasteiger partial charge in [0.25, 0.3) is 5.91 Å².